The normalized spacial score (nSPS) is 13.7. The van der Waals surface area contributed by atoms with Gasteiger partial charge in [-0.2, -0.15) is 0 Å². The number of hydrogen-bond donors (Lipinski definition) is 1. The summed E-state index contributed by atoms with van der Waals surface area (Å²) in [5.41, 5.74) is 2.06. The zero-order valence-electron chi connectivity index (χ0n) is 11.3. The van der Waals surface area contributed by atoms with Crippen LogP contribution in [0.4, 0.5) is 0 Å². The quantitative estimate of drug-likeness (QED) is 0.926. The second-order valence-electron chi connectivity index (χ2n) is 4.72. The van der Waals surface area contributed by atoms with E-state index in [1.54, 1.807) is 6.07 Å². The molecular formula is C16H14Cl2N2O. The number of ether oxygens (including phenoxy) is 1. The van der Waals surface area contributed by atoms with Crippen molar-refractivity contribution < 1.29 is 4.74 Å². The molecule has 3 nitrogen and oxygen atoms in total. The predicted molar refractivity (Wildman–Crippen MR) is 86.6 cm³/mol. The van der Waals surface area contributed by atoms with Crippen LogP contribution in [0.2, 0.25) is 10.0 Å². The standard InChI is InChI=1S/C16H14Cl2N2O/c17-14-6-1-11(9-15(14)18)10-21-13-4-2-12(3-5-13)16-19-7-8-20-16/h1-6,9H,7-8,10H2,(H,19,20). The predicted octanol–water partition coefficient (Wildman–Crippen LogP) is 3.92. The van der Waals surface area contributed by atoms with Gasteiger partial charge < -0.3 is 10.1 Å². The number of aliphatic imine (C=N–C) groups is 1. The van der Waals surface area contributed by atoms with E-state index in [-0.39, 0.29) is 0 Å². The van der Waals surface area contributed by atoms with E-state index < -0.39 is 0 Å². The maximum atomic E-state index is 5.98. The van der Waals surface area contributed by atoms with Crippen molar-refractivity contribution in [3.63, 3.8) is 0 Å². The van der Waals surface area contributed by atoms with Crippen molar-refractivity contribution in [2.24, 2.45) is 4.99 Å². The van der Waals surface area contributed by atoms with Crippen LogP contribution < -0.4 is 10.1 Å². The van der Waals surface area contributed by atoms with Gasteiger partial charge in [0.05, 0.1) is 16.6 Å². The van der Waals surface area contributed by atoms with Crippen molar-refractivity contribution in [1.82, 2.24) is 5.32 Å². The Bertz CT molecular complexity index is 668. The summed E-state index contributed by atoms with van der Waals surface area (Å²) >= 11 is 11.9. The van der Waals surface area contributed by atoms with Crippen LogP contribution in [0.5, 0.6) is 5.75 Å². The van der Waals surface area contributed by atoms with E-state index in [1.165, 1.54) is 0 Å². The Kier molecular flexibility index (Phi) is 4.32. The average Bonchev–Trinajstić information content (AvgIpc) is 3.03. The van der Waals surface area contributed by atoms with Crippen molar-refractivity contribution >= 4 is 29.0 Å². The fraction of sp³-hybridized carbons (Fsp3) is 0.188. The van der Waals surface area contributed by atoms with Gasteiger partial charge in [-0.1, -0.05) is 29.3 Å². The summed E-state index contributed by atoms with van der Waals surface area (Å²) in [5, 5.41) is 4.33. The minimum absolute atomic E-state index is 0.454. The fourth-order valence-corrected chi connectivity index (χ4v) is 2.42. The molecule has 1 N–H and O–H groups in total. The smallest absolute Gasteiger partial charge is 0.128 e. The summed E-state index contributed by atoms with van der Waals surface area (Å²) in [7, 11) is 0. The van der Waals surface area contributed by atoms with Gasteiger partial charge in [-0.05, 0) is 42.0 Å². The lowest BCUT2D eigenvalue weighted by molar-refractivity contribution is 0.306. The van der Waals surface area contributed by atoms with Crippen LogP contribution in [0.1, 0.15) is 11.1 Å². The highest BCUT2D eigenvalue weighted by atomic mass is 35.5. The summed E-state index contributed by atoms with van der Waals surface area (Å²) in [5.74, 6) is 1.76. The fourth-order valence-electron chi connectivity index (χ4n) is 2.10. The molecule has 0 amide bonds. The second-order valence-corrected chi connectivity index (χ2v) is 5.53. The molecule has 0 unspecified atom stereocenters. The molecule has 1 heterocycles. The molecule has 108 valence electrons. The molecule has 21 heavy (non-hydrogen) atoms. The molecule has 1 aliphatic heterocycles. The molecule has 0 saturated heterocycles. The number of halogens is 2. The first kappa shape index (κ1) is 14.2. The Labute approximate surface area is 133 Å². The number of amidine groups is 1. The first-order valence-corrected chi connectivity index (χ1v) is 7.43. The zero-order valence-corrected chi connectivity index (χ0v) is 12.8. The third-order valence-electron chi connectivity index (χ3n) is 3.19. The molecule has 0 radical (unpaired) electrons. The molecule has 2 aromatic carbocycles. The van der Waals surface area contributed by atoms with Crippen molar-refractivity contribution in [3.8, 4) is 5.75 Å². The van der Waals surface area contributed by atoms with Crippen molar-refractivity contribution in [2.75, 3.05) is 13.1 Å². The molecule has 5 heteroatoms. The molecule has 0 spiro atoms. The van der Waals surface area contributed by atoms with E-state index in [0.29, 0.717) is 16.7 Å². The molecule has 0 atom stereocenters. The van der Waals surface area contributed by atoms with Crippen LogP contribution in [-0.4, -0.2) is 18.9 Å². The summed E-state index contributed by atoms with van der Waals surface area (Å²) in [4.78, 5) is 4.38. The van der Waals surface area contributed by atoms with Gasteiger partial charge in [-0.25, -0.2) is 0 Å². The lowest BCUT2D eigenvalue weighted by Gasteiger charge is -2.08. The van der Waals surface area contributed by atoms with Crippen LogP contribution in [0.15, 0.2) is 47.5 Å². The zero-order chi connectivity index (χ0) is 14.7. The SMILES string of the molecule is Clc1ccc(COc2ccc(C3=NCCN3)cc2)cc1Cl. The molecule has 1 aliphatic rings. The lowest BCUT2D eigenvalue weighted by Crippen LogP contribution is -2.19. The summed E-state index contributed by atoms with van der Waals surface area (Å²) in [6, 6.07) is 13.4. The lowest BCUT2D eigenvalue weighted by atomic mass is 10.2. The van der Waals surface area contributed by atoms with E-state index in [4.69, 9.17) is 27.9 Å². The van der Waals surface area contributed by atoms with E-state index in [0.717, 1.165) is 35.8 Å². The highest BCUT2D eigenvalue weighted by Gasteiger charge is 2.07. The highest BCUT2D eigenvalue weighted by molar-refractivity contribution is 6.42. The number of nitrogens with zero attached hydrogens (tertiary/aromatic N) is 1. The van der Waals surface area contributed by atoms with Crippen molar-refractivity contribution in [3.05, 3.63) is 63.6 Å². The Morgan fingerprint density at radius 1 is 1.05 bits per heavy atom. The van der Waals surface area contributed by atoms with Gasteiger partial charge in [0.25, 0.3) is 0 Å². The number of benzene rings is 2. The molecule has 2 aromatic rings. The van der Waals surface area contributed by atoms with Gasteiger partial charge >= 0.3 is 0 Å². The Balaban J connectivity index is 1.63. The van der Waals surface area contributed by atoms with Gasteiger partial charge in [0, 0.05) is 12.1 Å². The maximum Gasteiger partial charge on any atom is 0.128 e. The van der Waals surface area contributed by atoms with Crippen LogP contribution >= 0.6 is 23.2 Å². The Morgan fingerprint density at radius 3 is 2.52 bits per heavy atom. The third kappa shape index (κ3) is 3.49. The van der Waals surface area contributed by atoms with E-state index >= 15 is 0 Å². The van der Waals surface area contributed by atoms with E-state index in [9.17, 15) is 0 Å². The highest BCUT2D eigenvalue weighted by Crippen LogP contribution is 2.23. The maximum absolute atomic E-state index is 5.98. The Morgan fingerprint density at radius 2 is 1.86 bits per heavy atom. The van der Waals surface area contributed by atoms with Crippen molar-refractivity contribution in [1.29, 1.82) is 0 Å². The first-order valence-electron chi connectivity index (χ1n) is 6.68. The molecule has 3 rings (SSSR count). The molecular weight excluding hydrogens is 307 g/mol. The molecule has 0 aromatic heterocycles. The summed E-state index contributed by atoms with van der Waals surface area (Å²) < 4.78 is 5.74. The van der Waals surface area contributed by atoms with E-state index in [2.05, 4.69) is 10.3 Å². The topological polar surface area (TPSA) is 33.6 Å². The number of nitrogens with one attached hydrogen (secondary N) is 1. The summed E-state index contributed by atoms with van der Waals surface area (Å²) in [6.07, 6.45) is 0. The second kappa shape index (κ2) is 6.37. The number of rotatable bonds is 4. The van der Waals surface area contributed by atoms with Gasteiger partial charge in [-0.15, -0.1) is 0 Å². The van der Waals surface area contributed by atoms with Gasteiger partial charge in [0.15, 0.2) is 0 Å². The largest absolute Gasteiger partial charge is 0.489 e. The minimum atomic E-state index is 0.454. The minimum Gasteiger partial charge on any atom is -0.489 e. The van der Waals surface area contributed by atoms with Crippen LogP contribution in [-0.2, 0) is 6.61 Å². The van der Waals surface area contributed by atoms with Crippen molar-refractivity contribution in [2.45, 2.75) is 6.61 Å². The number of hydrogen-bond acceptors (Lipinski definition) is 3. The van der Waals surface area contributed by atoms with Crippen LogP contribution in [0, 0.1) is 0 Å². The van der Waals surface area contributed by atoms with Gasteiger partial charge in [0.2, 0.25) is 0 Å². The van der Waals surface area contributed by atoms with Crippen LogP contribution in [0.3, 0.4) is 0 Å². The van der Waals surface area contributed by atoms with Crippen LogP contribution in [0.25, 0.3) is 0 Å². The first-order chi connectivity index (χ1) is 10.2. The third-order valence-corrected chi connectivity index (χ3v) is 3.93. The average molecular weight is 321 g/mol. The van der Waals surface area contributed by atoms with Gasteiger partial charge in [0.1, 0.15) is 18.2 Å². The van der Waals surface area contributed by atoms with E-state index in [1.807, 2.05) is 36.4 Å². The molecule has 0 aliphatic carbocycles. The molecule has 0 fully saturated rings. The van der Waals surface area contributed by atoms with Gasteiger partial charge in [-0.3, -0.25) is 4.99 Å². The molecule has 0 saturated carbocycles. The Hall–Kier alpha value is -1.71. The monoisotopic (exact) mass is 320 g/mol. The molecule has 0 bridgehead atoms. The summed E-state index contributed by atoms with van der Waals surface area (Å²) in [6.45, 7) is 2.20.